The summed E-state index contributed by atoms with van der Waals surface area (Å²) in [5.74, 6) is -0.501. The summed E-state index contributed by atoms with van der Waals surface area (Å²) in [5.41, 5.74) is 1.68. The Bertz CT molecular complexity index is 965. The topological polar surface area (TPSA) is 54.0 Å². The zero-order valence-electron chi connectivity index (χ0n) is 15.0. The van der Waals surface area contributed by atoms with Gasteiger partial charge < -0.3 is 10.6 Å². The number of carbonyl (C=O) groups excluding carboxylic acids is 1. The van der Waals surface area contributed by atoms with Crippen molar-refractivity contribution in [2.45, 2.75) is 18.9 Å². The van der Waals surface area contributed by atoms with Gasteiger partial charge in [-0.2, -0.15) is 0 Å². The predicted octanol–water partition coefficient (Wildman–Crippen LogP) is 3.88. The Labute approximate surface area is 161 Å². The Morgan fingerprint density at radius 2 is 1.93 bits per heavy atom. The molecule has 1 atom stereocenters. The standard InChI is InChI=1S/C21H20FN3OS/c1-14-18(27-20(24-14)16-9-5-6-10-17(16)22)19(26)25-21(11-12-23-13-21)15-7-3-2-4-8-15/h2-10,23H,11-13H2,1H3,(H,25,26). The number of amides is 1. The molecule has 27 heavy (non-hydrogen) atoms. The molecule has 4 rings (SSSR count). The molecular formula is C21H20FN3OS. The van der Waals surface area contributed by atoms with Gasteiger partial charge in [0.15, 0.2) is 0 Å². The highest BCUT2D eigenvalue weighted by Gasteiger charge is 2.37. The lowest BCUT2D eigenvalue weighted by Gasteiger charge is -2.30. The number of hydrogen-bond donors (Lipinski definition) is 2. The van der Waals surface area contributed by atoms with Gasteiger partial charge >= 0.3 is 0 Å². The maximum absolute atomic E-state index is 14.1. The maximum Gasteiger partial charge on any atom is 0.264 e. The van der Waals surface area contributed by atoms with Crippen molar-refractivity contribution < 1.29 is 9.18 Å². The molecule has 0 spiro atoms. The summed E-state index contributed by atoms with van der Waals surface area (Å²) in [6.07, 6.45) is 0.820. The van der Waals surface area contributed by atoms with Crippen LogP contribution in [-0.2, 0) is 5.54 Å². The lowest BCUT2D eigenvalue weighted by molar-refractivity contribution is 0.0907. The predicted molar refractivity (Wildman–Crippen MR) is 105 cm³/mol. The minimum absolute atomic E-state index is 0.167. The summed E-state index contributed by atoms with van der Waals surface area (Å²) in [7, 11) is 0. The molecule has 1 saturated heterocycles. The summed E-state index contributed by atoms with van der Waals surface area (Å²) in [5, 5.41) is 7.09. The second-order valence-corrected chi connectivity index (χ2v) is 7.74. The maximum atomic E-state index is 14.1. The number of nitrogens with one attached hydrogen (secondary N) is 2. The average Bonchev–Trinajstić information content (AvgIpc) is 3.30. The van der Waals surface area contributed by atoms with Gasteiger partial charge in [0.2, 0.25) is 0 Å². The number of halogens is 1. The Kier molecular flexibility index (Phi) is 4.76. The number of benzene rings is 2. The van der Waals surface area contributed by atoms with Crippen molar-refractivity contribution in [3.8, 4) is 10.6 Å². The van der Waals surface area contributed by atoms with Crippen molar-refractivity contribution in [2.75, 3.05) is 13.1 Å². The number of nitrogens with zero attached hydrogens (tertiary/aromatic N) is 1. The highest BCUT2D eigenvalue weighted by Crippen LogP contribution is 2.32. The molecule has 1 amide bonds. The summed E-state index contributed by atoms with van der Waals surface area (Å²) in [6, 6.07) is 16.5. The quantitative estimate of drug-likeness (QED) is 0.721. The van der Waals surface area contributed by atoms with E-state index in [4.69, 9.17) is 0 Å². The highest BCUT2D eigenvalue weighted by molar-refractivity contribution is 7.17. The van der Waals surface area contributed by atoms with Gasteiger partial charge in [-0.3, -0.25) is 4.79 Å². The molecule has 138 valence electrons. The molecule has 3 aromatic rings. The molecule has 6 heteroatoms. The molecule has 2 aromatic carbocycles. The fourth-order valence-corrected chi connectivity index (χ4v) is 4.49. The van der Waals surface area contributed by atoms with Crippen LogP contribution in [0.25, 0.3) is 10.6 Å². The van der Waals surface area contributed by atoms with Crippen LogP contribution < -0.4 is 10.6 Å². The number of hydrogen-bond acceptors (Lipinski definition) is 4. The van der Waals surface area contributed by atoms with Crippen LogP contribution in [0.3, 0.4) is 0 Å². The van der Waals surface area contributed by atoms with Gasteiger partial charge in [-0.25, -0.2) is 9.37 Å². The molecule has 2 N–H and O–H groups in total. The summed E-state index contributed by atoms with van der Waals surface area (Å²) in [4.78, 5) is 18.0. The van der Waals surface area contributed by atoms with Crippen molar-refractivity contribution in [1.82, 2.24) is 15.6 Å². The molecule has 2 heterocycles. The van der Waals surface area contributed by atoms with Crippen molar-refractivity contribution >= 4 is 17.2 Å². The Hall–Kier alpha value is -2.57. The molecule has 4 nitrogen and oxygen atoms in total. The van der Waals surface area contributed by atoms with Crippen LogP contribution in [0.2, 0.25) is 0 Å². The fourth-order valence-electron chi connectivity index (χ4n) is 3.51. The van der Waals surface area contributed by atoms with Gasteiger partial charge in [0.25, 0.3) is 5.91 Å². The first-order chi connectivity index (χ1) is 13.1. The smallest absolute Gasteiger partial charge is 0.264 e. The second-order valence-electron chi connectivity index (χ2n) is 6.74. The molecule has 1 aliphatic heterocycles. The number of aryl methyl sites for hydroxylation is 1. The van der Waals surface area contributed by atoms with Crippen LogP contribution in [0, 0.1) is 12.7 Å². The second kappa shape index (κ2) is 7.21. The van der Waals surface area contributed by atoms with Crippen LogP contribution in [0.15, 0.2) is 54.6 Å². The Morgan fingerprint density at radius 3 is 2.63 bits per heavy atom. The van der Waals surface area contributed by atoms with Crippen LogP contribution in [0.5, 0.6) is 0 Å². The molecule has 1 aliphatic rings. The molecule has 0 saturated carbocycles. The van der Waals surface area contributed by atoms with Crippen molar-refractivity contribution in [3.63, 3.8) is 0 Å². The van der Waals surface area contributed by atoms with Crippen molar-refractivity contribution in [3.05, 3.63) is 76.5 Å². The van der Waals surface area contributed by atoms with Crippen molar-refractivity contribution in [2.24, 2.45) is 0 Å². The largest absolute Gasteiger partial charge is 0.340 e. The van der Waals surface area contributed by atoms with E-state index in [2.05, 4.69) is 15.6 Å². The van der Waals surface area contributed by atoms with Gasteiger partial charge in [0.1, 0.15) is 15.7 Å². The summed E-state index contributed by atoms with van der Waals surface area (Å²) in [6.45, 7) is 3.32. The third-order valence-corrected chi connectivity index (χ3v) is 6.13. The number of rotatable bonds is 4. The molecular weight excluding hydrogens is 361 g/mol. The first kappa shape index (κ1) is 17.8. The summed E-state index contributed by atoms with van der Waals surface area (Å²) >= 11 is 1.23. The lowest BCUT2D eigenvalue weighted by atomic mass is 9.89. The fraction of sp³-hybridized carbons (Fsp3) is 0.238. The van der Waals surface area contributed by atoms with Crippen LogP contribution >= 0.6 is 11.3 Å². The Balaban J connectivity index is 1.64. The zero-order chi connectivity index (χ0) is 18.9. The summed E-state index contributed by atoms with van der Waals surface area (Å²) < 4.78 is 14.1. The van der Waals surface area contributed by atoms with Crippen LogP contribution in [0.1, 0.15) is 27.3 Å². The van der Waals surface area contributed by atoms with E-state index in [0.717, 1.165) is 18.5 Å². The first-order valence-electron chi connectivity index (χ1n) is 8.90. The number of thiazole rings is 1. The van der Waals surface area contributed by atoms with E-state index in [1.165, 1.54) is 17.4 Å². The van der Waals surface area contributed by atoms with Gasteiger partial charge in [0.05, 0.1) is 11.2 Å². The molecule has 1 fully saturated rings. The third-order valence-electron chi connectivity index (χ3n) is 4.94. The molecule has 0 radical (unpaired) electrons. The lowest BCUT2D eigenvalue weighted by Crippen LogP contribution is -2.47. The minimum atomic E-state index is -0.438. The number of aromatic nitrogens is 1. The van der Waals surface area contributed by atoms with E-state index in [1.54, 1.807) is 25.1 Å². The Morgan fingerprint density at radius 1 is 1.19 bits per heavy atom. The highest BCUT2D eigenvalue weighted by atomic mass is 32.1. The third kappa shape index (κ3) is 3.38. The van der Waals surface area contributed by atoms with Gasteiger partial charge in [-0.1, -0.05) is 42.5 Å². The van der Waals surface area contributed by atoms with E-state index < -0.39 is 5.54 Å². The molecule has 1 aromatic heterocycles. The van der Waals surface area contributed by atoms with E-state index >= 15 is 0 Å². The SMILES string of the molecule is Cc1nc(-c2ccccc2F)sc1C(=O)NC1(c2ccccc2)CCNC1. The van der Waals surface area contributed by atoms with Gasteiger partial charge in [-0.05, 0) is 37.6 Å². The van der Waals surface area contributed by atoms with Crippen LogP contribution in [-0.4, -0.2) is 24.0 Å². The van der Waals surface area contributed by atoms with E-state index in [0.29, 0.717) is 27.7 Å². The minimum Gasteiger partial charge on any atom is -0.340 e. The monoisotopic (exact) mass is 381 g/mol. The molecule has 1 unspecified atom stereocenters. The van der Waals surface area contributed by atoms with E-state index in [1.807, 2.05) is 30.3 Å². The molecule has 0 bridgehead atoms. The van der Waals surface area contributed by atoms with Gasteiger partial charge in [-0.15, -0.1) is 11.3 Å². The van der Waals surface area contributed by atoms with E-state index in [9.17, 15) is 9.18 Å². The number of carbonyl (C=O) groups is 1. The first-order valence-corrected chi connectivity index (χ1v) is 9.72. The zero-order valence-corrected chi connectivity index (χ0v) is 15.8. The van der Waals surface area contributed by atoms with Crippen LogP contribution in [0.4, 0.5) is 4.39 Å². The van der Waals surface area contributed by atoms with Crippen molar-refractivity contribution in [1.29, 1.82) is 0 Å². The van der Waals surface area contributed by atoms with Gasteiger partial charge in [0, 0.05) is 12.1 Å². The van der Waals surface area contributed by atoms with E-state index in [-0.39, 0.29) is 11.7 Å². The average molecular weight is 381 g/mol. The molecule has 0 aliphatic carbocycles. The normalized spacial score (nSPS) is 19.2.